The van der Waals surface area contributed by atoms with Gasteiger partial charge in [0.25, 0.3) is 0 Å². The third kappa shape index (κ3) is 3.22. The molecule has 5 heteroatoms. The molecule has 25 heavy (non-hydrogen) atoms. The van der Waals surface area contributed by atoms with Gasteiger partial charge in [0, 0.05) is 17.7 Å². The molecule has 0 fully saturated rings. The molecule has 0 radical (unpaired) electrons. The van der Waals surface area contributed by atoms with Crippen molar-refractivity contribution < 1.29 is 19.1 Å². The average molecular weight is 339 g/mol. The van der Waals surface area contributed by atoms with Gasteiger partial charge in [-0.3, -0.25) is 4.79 Å². The smallest absolute Gasteiger partial charge is 0.355 e. The number of aromatic amines is 1. The molecule has 0 bridgehead atoms. The van der Waals surface area contributed by atoms with Crippen LogP contribution < -0.4 is 4.74 Å². The highest BCUT2D eigenvalue weighted by atomic mass is 16.5. The van der Waals surface area contributed by atoms with E-state index in [1.165, 1.54) is 6.08 Å². The molecule has 0 aliphatic heterocycles. The zero-order valence-electron chi connectivity index (χ0n) is 14.4. The van der Waals surface area contributed by atoms with E-state index in [1.54, 1.807) is 14.0 Å². The Morgan fingerprint density at radius 1 is 1.32 bits per heavy atom. The molecular formula is C20H21NO4. The van der Waals surface area contributed by atoms with Gasteiger partial charge in [-0.2, -0.15) is 0 Å². The highest BCUT2D eigenvalue weighted by molar-refractivity contribution is 6.03. The van der Waals surface area contributed by atoms with Gasteiger partial charge in [-0.25, -0.2) is 4.79 Å². The topological polar surface area (TPSA) is 68.4 Å². The summed E-state index contributed by atoms with van der Waals surface area (Å²) in [6.45, 7) is 5.46. The fourth-order valence-electron chi connectivity index (χ4n) is 3.36. The van der Waals surface area contributed by atoms with E-state index in [2.05, 4.69) is 11.6 Å². The van der Waals surface area contributed by atoms with Crippen LogP contribution in [0.5, 0.6) is 5.75 Å². The summed E-state index contributed by atoms with van der Waals surface area (Å²) in [5, 5.41) is 0. The molecule has 1 aliphatic rings. The number of esters is 1. The summed E-state index contributed by atoms with van der Waals surface area (Å²) in [7, 11) is 1.63. The molecule has 0 amide bonds. The minimum absolute atomic E-state index is 0.0542. The predicted molar refractivity (Wildman–Crippen MR) is 94.4 cm³/mol. The van der Waals surface area contributed by atoms with E-state index < -0.39 is 5.97 Å². The molecular weight excluding hydrogens is 318 g/mol. The third-order valence-corrected chi connectivity index (χ3v) is 4.61. The first-order valence-corrected chi connectivity index (χ1v) is 8.21. The van der Waals surface area contributed by atoms with E-state index in [0.29, 0.717) is 29.7 Å². The second-order valence-electron chi connectivity index (χ2n) is 6.17. The van der Waals surface area contributed by atoms with E-state index in [0.717, 1.165) is 17.0 Å². The molecule has 1 aliphatic carbocycles. The van der Waals surface area contributed by atoms with Gasteiger partial charge in [0.05, 0.1) is 7.11 Å². The van der Waals surface area contributed by atoms with Crippen LogP contribution in [-0.2, 0) is 11.2 Å². The summed E-state index contributed by atoms with van der Waals surface area (Å²) >= 11 is 0. The lowest BCUT2D eigenvalue weighted by Crippen LogP contribution is -2.18. The number of ketones is 1. The fourth-order valence-corrected chi connectivity index (χ4v) is 3.36. The Hall–Kier alpha value is -2.82. The van der Waals surface area contributed by atoms with Crippen molar-refractivity contribution in [2.24, 2.45) is 0 Å². The number of benzene rings is 1. The number of ether oxygens (including phenoxy) is 2. The zero-order valence-corrected chi connectivity index (χ0v) is 14.4. The van der Waals surface area contributed by atoms with Crippen LogP contribution in [0.25, 0.3) is 0 Å². The SMILES string of the molecule is C=CCOC(=O)c1[nH]c2c(c1C)C(=O)C[C@@H](c1ccc(OC)cc1)C2. The van der Waals surface area contributed by atoms with Crippen LogP contribution in [-0.4, -0.2) is 30.5 Å². The maximum Gasteiger partial charge on any atom is 0.355 e. The molecule has 1 atom stereocenters. The Kier molecular flexibility index (Phi) is 4.74. The van der Waals surface area contributed by atoms with Gasteiger partial charge in [0.2, 0.25) is 0 Å². The van der Waals surface area contributed by atoms with Crippen LogP contribution in [0.4, 0.5) is 0 Å². The van der Waals surface area contributed by atoms with Crippen LogP contribution in [0.15, 0.2) is 36.9 Å². The molecule has 1 aromatic heterocycles. The summed E-state index contributed by atoms with van der Waals surface area (Å²) in [6.07, 6.45) is 2.63. The van der Waals surface area contributed by atoms with Crippen molar-refractivity contribution in [1.29, 1.82) is 0 Å². The summed E-state index contributed by atoms with van der Waals surface area (Å²) in [5.41, 5.74) is 3.55. The molecule has 0 saturated carbocycles. The number of carbonyl (C=O) groups excluding carboxylic acids is 2. The van der Waals surface area contributed by atoms with E-state index in [4.69, 9.17) is 9.47 Å². The molecule has 0 unspecified atom stereocenters. The normalized spacial score (nSPS) is 16.2. The number of methoxy groups -OCH3 is 1. The van der Waals surface area contributed by atoms with Gasteiger partial charge in [-0.05, 0) is 42.5 Å². The molecule has 1 aromatic carbocycles. The van der Waals surface area contributed by atoms with Crippen molar-refractivity contribution in [3.8, 4) is 5.75 Å². The Labute approximate surface area is 146 Å². The predicted octanol–water partition coefficient (Wildman–Crippen LogP) is 3.59. The van der Waals surface area contributed by atoms with E-state index in [9.17, 15) is 9.59 Å². The lowest BCUT2D eigenvalue weighted by molar-refractivity contribution is 0.0542. The van der Waals surface area contributed by atoms with Crippen molar-refractivity contribution >= 4 is 11.8 Å². The van der Waals surface area contributed by atoms with Crippen molar-refractivity contribution in [2.75, 3.05) is 13.7 Å². The van der Waals surface area contributed by atoms with Gasteiger partial charge in [-0.1, -0.05) is 24.8 Å². The molecule has 0 spiro atoms. The average Bonchev–Trinajstić information content (AvgIpc) is 2.97. The zero-order chi connectivity index (χ0) is 18.0. The maximum absolute atomic E-state index is 12.7. The number of hydrogen-bond acceptors (Lipinski definition) is 4. The van der Waals surface area contributed by atoms with Crippen LogP contribution in [0, 0.1) is 6.92 Å². The summed E-state index contributed by atoms with van der Waals surface area (Å²) in [5.74, 6) is 0.467. The monoisotopic (exact) mass is 339 g/mol. The van der Waals surface area contributed by atoms with Crippen LogP contribution >= 0.6 is 0 Å². The molecule has 130 valence electrons. The third-order valence-electron chi connectivity index (χ3n) is 4.61. The van der Waals surface area contributed by atoms with Gasteiger partial charge in [0.15, 0.2) is 5.78 Å². The Bertz CT molecular complexity index is 817. The second kappa shape index (κ2) is 6.97. The lowest BCUT2D eigenvalue weighted by Gasteiger charge is -2.22. The fraction of sp³-hybridized carbons (Fsp3) is 0.300. The van der Waals surface area contributed by atoms with Crippen LogP contribution in [0.1, 0.15) is 50.0 Å². The number of Topliss-reactive ketones (excluding diaryl/α,β-unsaturated/α-hetero) is 1. The van der Waals surface area contributed by atoms with Crippen molar-refractivity contribution in [3.63, 3.8) is 0 Å². The highest BCUT2D eigenvalue weighted by Gasteiger charge is 2.32. The standard InChI is InChI=1S/C20H21NO4/c1-4-9-25-20(23)19-12(2)18-16(21-19)10-14(11-17(18)22)13-5-7-15(24-3)8-6-13/h4-8,14,21H,1,9-11H2,2-3H3/t14-/m0/s1. The molecule has 0 saturated heterocycles. The second-order valence-corrected chi connectivity index (χ2v) is 6.17. The van der Waals surface area contributed by atoms with Crippen molar-refractivity contribution in [2.45, 2.75) is 25.7 Å². The first-order chi connectivity index (χ1) is 12.0. The van der Waals surface area contributed by atoms with Crippen molar-refractivity contribution in [3.05, 3.63) is 65.0 Å². The van der Waals surface area contributed by atoms with E-state index in [-0.39, 0.29) is 18.3 Å². The maximum atomic E-state index is 12.7. The van der Waals surface area contributed by atoms with E-state index >= 15 is 0 Å². The Morgan fingerprint density at radius 2 is 2.04 bits per heavy atom. The number of fused-ring (bicyclic) bond motifs is 1. The quantitative estimate of drug-likeness (QED) is 0.668. The number of rotatable bonds is 5. The Morgan fingerprint density at radius 3 is 2.68 bits per heavy atom. The highest BCUT2D eigenvalue weighted by Crippen LogP contribution is 2.35. The molecule has 2 aromatic rings. The molecule has 3 rings (SSSR count). The minimum Gasteiger partial charge on any atom is -0.497 e. The molecule has 1 heterocycles. The first kappa shape index (κ1) is 17.0. The van der Waals surface area contributed by atoms with Gasteiger partial charge in [-0.15, -0.1) is 0 Å². The van der Waals surface area contributed by atoms with Gasteiger partial charge >= 0.3 is 5.97 Å². The summed E-state index contributed by atoms with van der Waals surface area (Å²) < 4.78 is 10.3. The lowest BCUT2D eigenvalue weighted by atomic mass is 9.81. The van der Waals surface area contributed by atoms with Crippen LogP contribution in [0.2, 0.25) is 0 Å². The number of nitrogens with one attached hydrogen (secondary N) is 1. The molecule has 1 N–H and O–H groups in total. The first-order valence-electron chi connectivity index (χ1n) is 8.21. The van der Waals surface area contributed by atoms with Crippen molar-refractivity contribution in [1.82, 2.24) is 4.98 Å². The van der Waals surface area contributed by atoms with Gasteiger partial charge < -0.3 is 14.5 Å². The minimum atomic E-state index is -0.458. The summed E-state index contributed by atoms with van der Waals surface area (Å²) in [4.78, 5) is 27.9. The Balaban J connectivity index is 1.88. The number of hydrogen-bond donors (Lipinski definition) is 1. The van der Waals surface area contributed by atoms with E-state index in [1.807, 2.05) is 24.3 Å². The van der Waals surface area contributed by atoms with Gasteiger partial charge in [0.1, 0.15) is 18.1 Å². The molecule has 5 nitrogen and oxygen atoms in total. The number of H-pyrrole nitrogens is 1. The number of carbonyl (C=O) groups is 2. The summed E-state index contributed by atoms with van der Waals surface area (Å²) in [6, 6.07) is 7.76. The van der Waals surface area contributed by atoms with Crippen LogP contribution in [0.3, 0.4) is 0 Å². The largest absolute Gasteiger partial charge is 0.497 e. The number of aromatic nitrogens is 1.